The third kappa shape index (κ3) is 2.76. The van der Waals surface area contributed by atoms with Gasteiger partial charge in [0.15, 0.2) is 0 Å². The number of sulfonamides is 1. The van der Waals surface area contributed by atoms with Gasteiger partial charge in [0.1, 0.15) is 4.90 Å². The Balaban J connectivity index is 0.00000162. The van der Waals surface area contributed by atoms with Crippen molar-refractivity contribution in [3.05, 3.63) is 28.2 Å². The predicted molar refractivity (Wildman–Crippen MR) is 75.3 cm³/mol. The minimum Gasteiger partial charge on any atom is -0.313 e. The van der Waals surface area contributed by atoms with Crippen molar-refractivity contribution in [2.45, 2.75) is 10.9 Å². The van der Waals surface area contributed by atoms with Gasteiger partial charge in [-0.2, -0.15) is 4.31 Å². The Labute approximate surface area is 123 Å². The number of likely N-dealkylation sites (N-methyl/N-ethyl adjacent to an activating group) is 1. The van der Waals surface area contributed by atoms with E-state index in [0.29, 0.717) is 13.1 Å². The average molecular weight is 332 g/mol. The van der Waals surface area contributed by atoms with Gasteiger partial charge >= 0.3 is 0 Å². The summed E-state index contributed by atoms with van der Waals surface area (Å²) in [5.74, 6) is 0. The van der Waals surface area contributed by atoms with Crippen LogP contribution in [0, 0.1) is 0 Å². The Morgan fingerprint density at radius 2 is 1.78 bits per heavy atom. The van der Waals surface area contributed by atoms with Crippen molar-refractivity contribution in [3.8, 4) is 0 Å². The maximum Gasteiger partial charge on any atom is 0.246 e. The first kappa shape index (κ1) is 16.0. The highest BCUT2D eigenvalue weighted by Gasteiger charge is 2.34. The highest BCUT2D eigenvalue weighted by molar-refractivity contribution is 7.89. The van der Waals surface area contributed by atoms with E-state index in [-0.39, 0.29) is 33.4 Å². The molecule has 1 aliphatic heterocycles. The summed E-state index contributed by atoms with van der Waals surface area (Å²) >= 11 is 11.8. The third-order valence-electron chi connectivity index (χ3n) is 2.83. The van der Waals surface area contributed by atoms with Crippen molar-refractivity contribution in [3.63, 3.8) is 0 Å². The number of hydrogen-bond acceptors (Lipinski definition) is 3. The lowest BCUT2D eigenvalue weighted by Gasteiger charge is -2.34. The highest BCUT2D eigenvalue weighted by Crippen LogP contribution is 2.31. The zero-order valence-corrected chi connectivity index (χ0v) is 12.7. The van der Waals surface area contributed by atoms with E-state index in [4.69, 9.17) is 23.2 Å². The van der Waals surface area contributed by atoms with E-state index in [1.807, 2.05) is 0 Å². The van der Waals surface area contributed by atoms with Crippen molar-refractivity contribution >= 4 is 45.6 Å². The smallest absolute Gasteiger partial charge is 0.246 e. The molecule has 8 heteroatoms. The Bertz CT molecular complexity index is 512. The lowest BCUT2D eigenvalue weighted by molar-refractivity contribution is 0.274. The molecule has 0 atom stereocenters. The first-order valence-electron chi connectivity index (χ1n) is 5.07. The molecule has 1 aliphatic rings. The van der Waals surface area contributed by atoms with Gasteiger partial charge in [-0.25, -0.2) is 8.42 Å². The van der Waals surface area contributed by atoms with Gasteiger partial charge in [-0.1, -0.05) is 29.3 Å². The molecule has 1 N–H and O–H groups in total. The van der Waals surface area contributed by atoms with Crippen LogP contribution in [-0.4, -0.2) is 38.9 Å². The Kier molecular flexibility index (Phi) is 5.29. The van der Waals surface area contributed by atoms with Crippen molar-refractivity contribution in [1.29, 1.82) is 0 Å². The van der Waals surface area contributed by atoms with Crippen molar-refractivity contribution in [2.75, 3.05) is 20.1 Å². The summed E-state index contributed by atoms with van der Waals surface area (Å²) < 4.78 is 26.0. The monoisotopic (exact) mass is 330 g/mol. The summed E-state index contributed by atoms with van der Waals surface area (Å²) in [5, 5.41) is 3.32. The van der Waals surface area contributed by atoms with Gasteiger partial charge in [-0.05, 0) is 12.1 Å². The molecule has 1 saturated heterocycles. The van der Waals surface area contributed by atoms with Gasteiger partial charge in [0.25, 0.3) is 0 Å². The number of nitrogens with one attached hydrogen (secondary N) is 1. The minimum atomic E-state index is -3.63. The van der Waals surface area contributed by atoms with Gasteiger partial charge in [0, 0.05) is 26.2 Å². The van der Waals surface area contributed by atoms with Crippen molar-refractivity contribution in [2.24, 2.45) is 0 Å². The van der Waals surface area contributed by atoms with E-state index in [1.165, 1.54) is 16.4 Å². The number of halogens is 3. The van der Waals surface area contributed by atoms with Crippen LogP contribution in [0.3, 0.4) is 0 Å². The number of rotatable bonds is 3. The standard InChI is InChI=1S/C10H12Cl2N2O2S.ClH/c1-14(7-5-13-6-7)17(15,16)10-8(11)3-2-4-9(10)12;/h2-4,7,13H,5-6H2,1H3;1H. The molecule has 0 amide bonds. The van der Waals surface area contributed by atoms with Crippen LogP contribution in [-0.2, 0) is 10.0 Å². The van der Waals surface area contributed by atoms with Gasteiger partial charge in [-0.15, -0.1) is 12.4 Å². The molecular weight excluding hydrogens is 319 g/mol. The molecular formula is C10H13Cl3N2O2S. The zero-order valence-electron chi connectivity index (χ0n) is 9.56. The summed E-state index contributed by atoms with van der Waals surface area (Å²) in [7, 11) is -2.09. The van der Waals surface area contributed by atoms with Gasteiger partial charge < -0.3 is 5.32 Å². The molecule has 1 aromatic rings. The van der Waals surface area contributed by atoms with Crippen LogP contribution < -0.4 is 5.32 Å². The fraction of sp³-hybridized carbons (Fsp3) is 0.400. The summed E-state index contributed by atoms with van der Waals surface area (Å²) in [6, 6.07) is 4.63. The van der Waals surface area contributed by atoms with Crippen LogP contribution in [0.2, 0.25) is 10.0 Å². The lowest BCUT2D eigenvalue weighted by Crippen LogP contribution is -2.57. The second kappa shape index (κ2) is 5.94. The summed E-state index contributed by atoms with van der Waals surface area (Å²) in [4.78, 5) is -0.0160. The van der Waals surface area contributed by atoms with E-state index < -0.39 is 10.0 Å². The molecule has 102 valence electrons. The highest BCUT2D eigenvalue weighted by atomic mass is 35.5. The topological polar surface area (TPSA) is 49.4 Å². The number of benzene rings is 1. The first-order chi connectivity index (χ1) is 7.94. The fourth-order valence-electron chi connectivity index (χ4n) is 1.60. The molecule has 18 heavy (non-hydrogen) atoms. The van der Waals surface area contributed by atoms with E-state index in [0.717, 1.165) is 0 Å². The molecule has 1 heterocycles. The van der Waals surface area contributed by atoms with Crippen molar-refractivity contribution < 1.29 is 8.42 Å². The SMILES string of the molecule is CN(C1CNC1)S(=O)(=O)c1c(Cl)cccc1Cl.Cl. The van der Waals surface area contributed by atoms with Crippen LogP contribution in [0.5, 0.6) is 0 Å². The van der Waals surface area contributed by atoms with E-state index in [1.54, 1.807) is 13.1 Å². The molecule has 0 unspecified atom stereocenters. The van der Waals surface area contributed by atoms with Crippen molar-refractivity contribution in [1.82, 2.24) is 9.62 Å². The van der Waals surface area contributed by atoms with Crippen LogP contribution in [0.25, 0.3) is 0 Å². The fourth-order valence-corrected chi connectivity index (χ4v) is 4.04. The van der Waals surface area contributed by atoms with Crippen LogP contribution in [0.4, 0.5) is 0 Å². The molecule has 0 saturated carbocycles. The zero-order chi connectivity index (χ0) is 12.6. The summed E-state index contributed by atoms with van der Waals surface area (Å²) in [6.45, 7) is 1.30. The quantitative estimate of drug-likeness (QED) is 0.922. The molecule has 0 radical (unpaired) electrons. The Morgan fingerprint density at radius 3 is 2.17 bits per heavy atom. The Hall–Kier alpha value is -0.0400. The normalized spacial score (nSPS) is 16.2. The maximum absolute atomic E-state index is 12.3. The second-order valence-corrected chi connectivity index (χ2v) is 6.63. The van der Waals surface area contributed by atoms with E-state index in [9.17, 15) is 8.42 Å². The molecule has 2 rings (SSSR count). The number of hydrogen-bond donors (Lipinski definition) is 1. The maximum atomic E-state index is 12.3. The summed E-state index contributed by atoms with van der Waals surface area (Å²) in [5.41, 5.74) is 0. The molecule has 4 nitrogen and oxygen atoms in total. The van der Waals surface area contributed by atoms with Crippen LogP contribution >= 0.6 is 35.6 Å². The number of nitrogens with zero attached hydrogens (tertiary/aromatic N) is 1. The van der Waals surface area contributed by atoms with E-state index in [2.05, 4.69) is 5.32 Å². The largest absolute Gasteiger partial charge is 0.313 e. The molecule has 0 bridgehead atoms. The lowest BCUT2D eigenvalue weighted by atomic mass is 10.2. The summed E-state index contributed by atoms with van der Waals surface area (Å²) in [6.07, 6.45) is 0. The molecule has 0 aromatic heterocycles. The minimum absolute atomic E-state index is 0. The van der Waals surface area contributed by atoms with Crippen LogP contribution in [0.15, 0.2) is 23.1 Å². The molecule has 0 aliphatic carbocycles. The van der Waals surface area contributed by atoms with Gasteiger partial charge in [0.2, 0.25) is 10.0 Å². The van der Waals surface area contributed by atoms with Gasteiger partial charge in [-0.3, -0.25) is 0 Å². The first-order valence-corrected chi connectivity index (χ1v) is 7.27. The third-order valence-corrected chi connectivity index (χ3v) is 5.70. The average Bonchev–Trinajstić information content (AvgIpc) is 2.13. The van der Waals surface area contributed by atoms with Gasteiger partial charge in [0.05, 0.1) is 10.0 Å². The van der Waals surface area contributed by atoms with E-state index >= 15 is 0 Å². The Morgan fingerprint density at radius 1 is 1.28 bits per heavy atom. The van der Waals surface area contributed by atoms with Crippen LogP contribution in [0.1, 0.15) is 0 Å². The molecule has 0 spiro atoms. The predicted octanol–water partition coefficient (Wildman–Crippen LogP) is 2.01. The second-order valence-electron chi connectivity index (χ2n) is 3.88. The molecule has 1 fully saturated rings. The molecule has 1 aromatic carbocycles.